The minimum Gasteiger partial charge on any atom is -0.354 e. The van der Waals surface area contributed by atoms with Crippen molar-refractivity contribution in [3.63, 3.8) is 0 Å². The van der Waals surface area contributed by atoms with E-state index < -0.39 is 0 Å². The van der Waals surface area contributed by atoms with Gasteiger partial charge in [-0.15, -0.1) is 0 Å². The van der Waals surface area contributed by atoms with Gasteiger partial charge in [-0.05, 0) is 18.9 Å². The van der Waals surface area contributed by atoms with Crippen LogP contribution in [0.1, 0.15) is 12.8 Å². The fourth-order valence-corrected chi connectivity index (χ4v) is 1.90. The third kappa shape index (κ3) is 2.78. The maximum absolute atomic E-state index is 11.5. The smallest absolute Gasteiger partial charge is 0.223 e. The molecule has 2 aromatic heterocycles. The summed E-state index contributed by atoms with van der Waals surface area (Å²) in [4.78, 5) is 24.1. The Hall–Kier alpha value is -2.24. The third-order valence-electron chi connectivity index (χ3n) is 3.08. The Labute approximate surface area is 110 Å². The van der Waals surface area contributed by atoms with Crippen LogP contribution in [-0.2, 0) is 11.3 Å². The summed E-state index contributed by atoms with van der Waals surface area (Å²) in [5, 5.41) is 2.93. The van der Waals surface area contributed by atoms with Gasteiger partial charge in [0, 0.05) is 43.8 Å². The molecule has 0 radical (unpaired) electrons. The lowest BCUT2D eigenvalue weighted by Crippen LogP contribution is -2.28. The zero-order valence-electron chi connectivity index (χ0n) is 10.5. The quantitative estimate of drug-likeness (QED) is 0.862. The number of amides is 1. The molecule has 0 saturated heterocycles. The van der Waals surface area contributed by atoms with E-state index in [1.165, 1.54) is 0 Å². The summed E-state index contributed by atoms with van der Waals surface area (Å²) >= 11 is 0. The molecule has 0 atom stereocenters. The predicted octanol–water partition coefficient (Wildman–Crippen LogP) is 0.866. The van der Waals surface area contributed by atoms with Gasteiger partial charge < -0.3 is 9.88 Å². The van der Waals surface area contributed by atoms with Gasteiger partial charge >= 0.3 is 0 Å². The highest BCUT2D eigenvalue weighted by Crippen LogP contribution is 2.28. The van der Waals surface area contributed by atoms with Gasteiger partial charge in [0.25, 0.3) is 0 Å². The first kappa shape index (κ1) is 11.8. The lowest BCUT2D eigenvalue weighted by molar-refractivity contribution is -0.122. The van der Waals surface area contributed by atoms with Crippen LogP contribution in [0, 0.1) is 5.92 Å². The van der Waals surface area contributed by atoms with E-state index in [0.29, 0.717) is 18.9 Å². The van der Waals surface area contributed by atoms with Crippen LogP contribution in [0.5, 0.6) is 0 Å². The number of carbonyl (C=O) groups is 1. The van der Waals surface area contributed by atoms with Gasteiger partial charge in [0.2, 0.25) is 5.91 Å². The van der Waals surface area contributed by atoms with E-state index in [0.717, 1.165) is 18.7 Å². The van der Waals surface area contributed by atoms with E-state index in [1.807, 2.05) is 10.8 Å². The van der Waals surface area contributed by atoms with Crippen LogP contribution in [0.4, 0.5) is 0 Å². The molecule has 1 saturated carbocycles. The topological polar surface area (TPSA) is 72.7 Å². The lowest BCUT2D eigenvalue weighted by atomic mass is 10.4. The zero-order chi connectivity index (χ0) is 13.1. The number of aromatic nitrogens is 4. The Morgan fingerprint density at radius 3 is 2.79 bits per heavy atom. The van der Waals surface area contributed by atoms with Crippen LogP contribution >= 0.6 is 0 Å². The molecule has 0 aromatic carbocycles. The second kappa shape index (κ2) is 5.17. The van der Waals surface area contributed by atoms with Crippen LogP contribution in [0.2, 0.25) is 0 Å². The van der Waals surface area contributed by atoms with Crippen molar-refractivity contribution in [3.05, 3.63) is 30.9 Å². The zero-order valence-corrected chi connectivity index (χ0v) is 10.5. The summed E-state index contributed by atoms with van der Waals surface area (Å²) in [7, 11) is 0. The van der Waals surface area contributed by atoms with Gasteiger partial charge in [-0.1, -0.05) is 0 Å². The second-order valence-corrected chi connectivity index (χ2v) is 4.58. The van der Waals surface area contributed by atoms with Gasteiger partial charge in [0.05, 0.1) is 0 Å². The van der Waals surface area contributed by atoms with E-state index in [1.54, 1.807) is 24.7 Å². The monoisotopic (exact) mass is 257 g/mol. The second-order valence-electron chi connectivity index (χ2n) is 4.58. The summed E-state index contributed by atoms with van der Waals surface area (Å²) in [6.45, 7) is 1.28. The summed E-state index contributed by atoms with van der Waals surface area (Å²) in [6, 6.07) is 1.77. The average Bonchev–Trinajstić information content (AvgIpc) is 3.20. The fourth-order valence-electron chi connectivity index (χ4n) is 1.90. The maximum Gasteiger partial charge on any atom is 0.223 e. The van der Waals surface area contributed by atoms with Crippen molar-refractivity contribution >= 4 is 5.91 Å². The maximum atomic E-state index is 11.5. The largest absolute Gasteiger partial charge is 0.354 e. The van der Waals surface area contributed by atoms with Crippen LogP contribution in [-0.4, -0.2) is 32.0 Å². The highest BCUT2D eigenvalue weighted by Gasteiger charge is 2.29. The number of nitrogens with zero attached hydrogens (tertiary/aromatic N) is 4. The lowest BCUT2D eigenvalue weighted by Gasteiger charge is -2.07. The van der Waals surface area contributed by atoms with Crippen molar-refractivity contribution < 1.29 is 4.79 Å². The highest BCUT2D eigenvalue weighted by atomic mass is 16.2. The number of imidazole rings is 1. The highest BCUT2D eigenvalue weighted by molar-refractivity contribution is 5.80. The molecule has 0 unspecified atom stereocenters. The minimum absolute atomic E-state index is 0.164. The molecular formula is C13H15N5O. The first-order chi connectivity index (χ1) is 9.34. The van der Waals surface area contributed by atoms with Crippen molar-refractivity contribution in [2.75, 3.05) is 6.54 Å². The summed E-state index contributed by atoms with van der Waals surface area (Å²) in [5.41, 5.74) is 0. The predicted molar refractivity (Wildman–Crippen MR) is 69.0 cm³/mol. The SMILES string of the molecule is O=C(NCCn1ccnc1-c1ncccn1)C1CC1. The van der Waals surface area contributed by atoms with Crippen LogP contribution in [0.25, 0.3) is 11.6 Å². The molecule has 19 heavy (non-hydrogen) atoms. The van der Waals surface area contributed by atoms with Crippen LogP contribution in [0.15, 0.2) is 30.9 Å². The molecule has 1 N–H and O–H groups in total. The van der Waals surface area contributed by atoms with Gasteiger partial charge in [-0.3, -0.25) is 4.79 Å². The van der Waals surface area contributed by atoms with Crippen LogP contribution in [0.3, 0.4) is 0 Å². The van der Waals surface area contributed by atoms with E-state index >= 15 is 0 Å². The first-order valence-electron chi connectivity index (χ1n) is 6.41. The molecular weight excluding hydrogens is 242 g/mol. The van der Waals surface area contributed by atoms with E-state index in [2.05, 4.69) is 20.3 Å². The molecule has 0 aliphatic heterocycles. The van der Waals surface area contributed by atoms with Crippen molar-refractivity contribution in [2.45, 2.75) is 19.4 Å². The molecule has 6 nitrogen and oxygen atoms in total. The van der Waals surface area contributed by atoms with Gasteiger partial charge in [-0.25, -0.2) is 15.0 Å². The Balaban J connectivity index is 1.62. The summed E-state index contributed by atoms with van der Waals surface area (Å²) in [6.07, 6.45) is 9.02. The molecule has 3 rings (SSSR count). The van der Waals surface area contributed by atoms with E-state index in [4.69, 9.17) is 0 Å². The molecule has 0 spiro atoms. The van der Waals surface area contributed by atoms with Crippen molar-refractivity contribution in [3.8, 4) is 11.6 Å². The van der Waals surface area contributed by atoms with E-state index in [9.17, 15) is 4.79 Å². The number of rotatable bonds is 5. The normalized spacial score (nSPS) is 14.3. The molecule has 6 heteroatoms. The first-order valence-corrected chi connectivity index (χ1v) is 6.41. The Morgan fingerprint density at radius 1 is 1.26 bits per heavy atom. The Kier molecular flexibility index (Phi) is 3.22. The Morgan fingerprint density at radius 2 is 2.05 bits per heavy atom. The fraction of sp³-hybridized carbons (Fsp3) is 0.385. The standard InChI is InChI=1S/C13H15N5O/c19-13(10-2-3-10)17-7-9-18-8-6-16-12(18)11-14-4-1-5-15-11/h1,4-6,8,10H,2-3,7,9H2,(H,17,19). The number of hydrogen-bond acceptors (Lipinski definition) is 4. The molecule has 98 valence electrons. The third-order valence-corrected chi connectivity index (χ3v) is 3.08. The number of nitrogens with one attached hydrogen (secondary N) is 1. The summed E-state index contributed by atoms with van der Waals surface area (Å²) in [5.74, 6) is 1.74. The van der Waals surface area contributed by atoms with E-state index in [-0.39, 0.29) is 11.8 Å². The van der Waals surface area contributed by atoms with Crippen molar-refractivity contribution in [1.82, 2.24) is 24.8 Å². The van der Waals surface area contributed by atoms with Gasteiger partial charge in [-0.2, -0.15) is 0 Å². The number of carbonyl (C=O) groups excluding carboxylic acids is 1. The van der Waals surface area contributed by atoms with Gasteiger partial charge in [0.15, 0.2) is 11.6 Å². The van der Waals surface area contributed by atoms with Gasteiger partial charge in [0.1, 0.15) is 0 Å². The molecule has 1 fully saturated rings. The molecule has 2 aromatic rings. The average molecular weight is 257 g/mol. The van der Waals surface area contributed by atoms with Crippen LogP contribution < -0.4 is 5.32 Å². The molecule has 1 amide bonds. The molecule has 2 heterocycles. The Bertz CT molecular complexity index is 561. The van der Waals surface area contributed by atoms with Crippen molar-refractivity contribution in [1.29, 1.82) is 0 Å². The van der Waals surface area contributed by atoms with Crippen molar-refractivity contribution in [2.24, 2.45) is 5.92 Å². The molecule has 1 aliphatic carbocycles. The molecule has 0 bridgehead atoms. The molecule has 1 aliphatic rings. The minimum atomic E-state index is 0.164. The number of hydrogen-bond donors (Lipinski definition) is 1. The summed E-state index contributed by atoms with van der Waals surface area (Å²) < 4.78 is 1.95.